The van der Waals surface area contributed by atoms with E-state index in [9.17, 15) is 0 Å². The Morgan fingerprint density at radius 2 is 2.20 bits per heavy atom. The van der Waals surface area contributed by atoms with Gasteiger partial charge < -0.3 is 10.1 Å². The van der Waals surface area contributed by atoms with Crippen LogP contribution in [0.25, 0.3) is 10.9 Å². The number of nitrogens with zero attached hydrogens (tertiary/aromatic N) is 1. The third kappa shape index (κ3) is 2.21. The summed E-state index contributed by atoms with van der Waals surface area (Å²) in [6.45, 7) is 3.09. The normalized spacial score (nSPS) is 18.7. The number of fused-ring (bicyclic) bond motifs is 1. The van der Waals surface area contributed by atoms with Gasteiger partial charge in [0.1, 0.15) is 0 Å². The molecule has 1 aliphatic carbocycles. The maximum absolute atomic E-state index is 5.87. The van der Waals surface area contributed by atoms with Gasteiger partial charge in [-0.2, -0.15) is 0 Å². The minimum absolute atomic E-state index is 0.0432. The van der Waals surface area contributed by atoms with Crippen molar-refractivity contribution in [2.24, 2.45) is 0 Å². The summed E-state index contributed by atoms with van der Waals surface area (Å²) in [5.41, 5.74) is 2.29. The number of aromatic nitrogens is 1. The number of rotatable bonds is 5. The third-order valence-corrected chi connectivity index (χ3v) is 4.50. The Labute approximate surface area is 120 Å². The summed E-state index contributed by atoms with van der Waals surface area (Å²) in [6.07, 6.45) is 5.36. The number of pyridine rings is 1. The first-order chi connectivity index (χ1) is 9.79. The zero-order valence-corrected chi connectivity index (χ0v) is 12.2. The largest absolute Gasteiger partial charge is 0.376 e. The first-order valence-corrected chi connectivity index (χ1v) is 7.42. The van der Waals surface area contributed by atoms with E-state index in [0.717, 1.165) is 24.9 Å². The Bertz CT molecular complexity index is 587. The van der Waals surface area contributed by atoms with E-state index in [2.05, 4.69) is 41.5 Å². The van der Waals surface area contributed by atoms with E-state index in [1.807, 2.05) is 19.4 Å². The number of likely N-dealkylation sites (N-methyl/N-ethyl adjacent to an activating group) is 1. The van der Waals surface area contributed by atoms with Crippen molar-refractivity contribution in [2.75, 3.05) is 13.7 Å². The van der Waals surface area contributed by atoms with Crippen molar-refractivity contribution in [3.05, 3.63) is 42.1 Å². The van der Waals surface area contributed by atoms with Crippen LogP contribution in [0.15, 0.2) is 36.5 Å². The molecular weight excluding hydrogens is 248 g/mol. The van der Waals surface area contributed by atoms with E-state index in [-0.39, 0.29) is 11.6 Å². The van der Waals surface area contributed by atoms with Crippen LogP contribution in [0.1, 0.15) is 37.8 Å². The molecular formula is C17H22N2O. The lowest BCUT2D eigenvalue weighted by Gasteiger charge is -2.47. The van der Waals surface area contributed by atoms with Crippen LogP contribution in [0.4, 0.5) is 0 Å². The SMILES string of the molecule is CCNC(c1ccc2cccnc2c1)C1(OC)CCC1. The fourth-order valence-electron chi connectivity index (χ4n) is 3.21. The second kappa shape index (κ2) is 5.51. The maximum Gasteiger partial charge on any atom is 0.0872 e. The van der Waals surface area contributed by atoms with E-state index < -0.39 is 0 Å². The molecule has 1 aromatic carbocycles. The summed E-state index contributed by atoms with van der Waals surface area (Å²) in [6, 6.07) is 10.9. The second-order valence-electron chi connectivity index (χ2n) is 5.57. The highest BCUT2D eigenvalue weighted by Crippen LogP contribution is 2.45. The molecule has 1 aliphatic rings. The van der Waals surface area contributed by atoms with Crippen molar-refractivity contribution >= 4 is 10.9 Å². The van der Waals surface area contributed by atoms with Crippen molar-refractivity contribution in [2.45, 2.75) is 37.8 Å². The van der Waals surface area contributed by atoms with Gasteiger partial charge in [-0.15, -0.1) is 0 Å². The molecule has 3 nitrogen and oxygen atoms in total. The Morgan fingerprint density at radius 3 is 2.85 bits per heavy atom. The predicted octanol–water partition coefficient (Wildman–Crippen LogP) is 3.45. The zero-order valence-electron chi connectivity index (χ0n) is 12.2. The van der Waals surface area contributed by atoms with Gasteiger partial charge in [-0.3, -0.25) is 4.98 Å². The first kappa shape index (κ1) is 13.5. The summed E-state index contributed by atoms with van der Waals surface area (Å²) in [5.74, 6) is 0. The van der Waals surface area contributed by atoms with Crippen LogP contribution in [-0.2, 0) is 4.74 Å². The summed E-state index contributed by atoms with van der Waals surface area (Å²) in [5, 5.41) is 4.79. The van der Waals surface area contributed by atoms with Crippen LogP contribution in [0.5, 0.6) is 0 Å². The number of ether oxygens (including phenoxy) is 1. The highest BCUT2D eigenvalue weighted by molar-refractivity contribution is 5.79. The Kier molecular flexibility index (Phi) is 3.72. The van der Waals surface area contributed by atoms with Crippen molar-refractivity contribution in [3.63, 3.8) is 0 Å². The smallest absolute Gasteiger partial charge is 0.0872 e. The van der Waals surface area contributed by atoms with Gasteiger partial charge in [-0.25, -0.2) is 0 Å². The number of benzene rings is 1. The lowest BCUT2D eigenvalue weighted by Crippen LogP contribution is -2.50. The lowest BCUT2D eigenvalue weighted by atomic mass is 9.72. The Balaban J connectivity index is 2.00. The molecule has 1 N–H and O–H groups in total. The van der Waals surface area contributed by atoms with E-state index in [1.165, 1.54) is 17.4 Å². The van der Waals surface area contributed by atoms with Gasteiger partial charge in [0, 0.05) is 18.7 Å². The van der Waals surface area contributed by atoms with Crippen LogP contribution in [0, 0.1) is 0 Å². The molecule has 1 saturated carbocycles. The topological polar surface area (TPSA) is 34.2 Å². The van der Waals surface area contributed by atoms with Crippen LogP contribution >= 0.6 is 0 Å². The minimum atomic E-state index is -0.0432. The molecule has 0 saturated heterocycles. The van der Waals surface area contributed by atoms with Crippen molar-refractivity contribution < 1.29 is 4.74 Å². The summed E-state index contributed by atoms with van der Waals surface area (Å²) in [7, 11) is 1.84. The van der Waals surface area contributed by atoms with Crippen molar-refractivity contribution in [1.29, 1.82) is 0 Å². The van der Waals surface area contributed by atoms with Gasteiger partial charge in [0.2, 0.25) is 0 Å². The molecule has 106 valence electrons. The molecule has 0 amide bonds. The van der Waals surface area contributed by atoms with Gasteiger partial charge in [-0.05, 0) is 43.5 Å². The molecule has 1 fully saturated rings. The summed E-state index contributed by atoms with van der Waals surface area (Å²) < 4.78 is 5.87. The maximum atomic E-state index is 5.87. The molecule has 1 heterocycles. The molecule has 1 aromatic heterocycles. The van der Waals surface area contributed by atoms with E-state index in [1.54, 1.807) is 0 Å². The lowest BCUT2D eigenvalue weighted by molar-refractivity contribution is -0.0994. The molecule has 1 atom stereocenters. The van der Waals surface area contributed by atoms with Crippen LogP contribution < -0.4 is 5.32 Å². The van der Waals surface area contributed by atoms with E-state index >= 15 is 0 Å². The molecule has 3 rings (SSSR count). The number of methoxy groups -OCH3 is 1. The van der Waals surface area contributed by atoms with Crippen LogP contribution in [-0.4, -0.2) is 24.2 Å². The molecule has 0 bridgehead atoms. The van der Waals surface area contributed by atoms with Gasteiger partial charge in [0.25, 0.3) is 0 Å². The summed E-state index contributed by atoms with van der Waals surface area (Å²) >= 11 is 0. The zero-order chi connectivity index (χ0) is 14.0. The Hall–Kier alpha value is -1.45. The first-order valence-electron chi connectivity index (χ1n) is 7.42. The van der Waals surface area contributed by atoms with Gasteiger partial charge in [0.15, 0.2) is 0 Å². The van der Waals surface area contributed by atoms with E-state index in [4.69, 9.17) is 4.74 Å². The van der Waals surface area contributed by atoms with Gasteiger partial charge in [0.05, 0.1) is 17.2 Å². The quantitative estimate of drug-likeness (QED) is 0.903. The predicted molar refractivity (Wildman–Crippen MR) is 81.8 cm³/mol. The van der Waals surface area contributed by atoms with Gasteiger partial charge >= 0.3 is 0 Å². The second-order valence-corrected chi connectivity index (χ2v) is 5.57. The molecule has 0 radical (unpaired) electrons. The highest BCUT2D eigenvalue weighted by Gasteiger charge is 2.44. The Morgan fingerprint density at radius 1 is 1.35 bits per heavy atom. The fraction of sp³-hybridized carbons (Fsp3) is 0.471. The molecule has 0 aliphatic heterocycles. The fourth-order valence-corrected chi connectivity index (χ4v) is 3.21. The molecule has 2 aromatic rings. The molecule has 3 heteroatoms. The van der Waals surface area contributed by atoms with Crippen molar-refractivity contribution in [3.8, 4) is 0 Å². The van der Waals surface area contributed by atoms with Crippen LogP contribution in [0.3, 0.4) is 0 Å². The third-order valence-electron chi connectivity index (χ3n) is 4.50. The number of hydrogen-bond donors (Lipinski definition) is 1. The number of nitrogens with one attached hydrogen (secondary N) is 1. The monoisotopic (exact) mass is 270 g/mol. The average Bonchev–Trinajstić information content (AvgIpc) is 2.45. The van der Waals surface area contributed by atoms with E-state index in [0.29, 0.717) is 0 Å². The van der Waals surface area contributed by atoms with Crippen LogP contribution in [0.2, 0.25) is 0 Å². The average molecular weight is 270 g/mol. The molecule has 0 spiro atoms. The molecule has 20 heavy (non-hydrogen) atoms. The highest BCUT2D eigenvalue weighted by atomic mass is 16.5. The van der Waals surface area contributed by atoms with Crippen molar-refractivity contribution in [1.82, 2.24) is 10.3 Å². The summed E-state index contributed by atoms with van der Waals surface area (Å²) in [4.78, 5) is 4.47. The van der Waals surface area contributed by atoms with Gasteiger partial charge in [-0.1, -0.05) is 25.1 Å². The standard InChI is InChI=1S/C17H22N2O/c1-3-18-16(17(20-2)9-5-10-17)14-8-7-13-6-4-11-19-15(13)12-14/h4,6-8,11-12,16,18H,3,5,9-10H2,1-2H3. The number of hydrogen-bond acceptors (Lipinski definition) is 3. The molecule has 1 unspecified atom stereocenters. The minimum Gasteiger partial charge on any atom is -0.376 e.